The molecule has 0 aliphatic carbocycles. The van der Waals surface area contributed by atoms with Gasteiger partial charge in [0.1, 0.15) is 36.0 Å². The average molecular weight is 269 g/mol. The van der Waals surface area contributed by atoms with Crippen molar-refractivity contribution < 1.29 is 20.1 Å². The molecule has 3 rings (SSSR count). The number of nitrogens with one attached hydrogen (secondary N) is 1. The molecule has 0 amide bonds. The maximum absolute atomic E-state index is 9.97. The van der Waals surface area contributed by atoms with Crippen LogP contribution in [0.1, 0.15) is 18.1 Å². The molecule has 0 aromatic carbocycles. The molecule has 6 N–H and O–H groups in total. The van der Waals surface area contributed by atoms with Crippen LogP contribution >= 0.6 is 0 Å². The fraction of sp³-hybridized carbons (Fsp3) is 0.600. The maximum Gasteiger partial charge on any atom is 0.165 e. The Kier molecular flexibility index (Phi) is 2.99. The second-order valence-electron chi connectivity index (χ2n) is 4.48. The first-order valence-electron chi connectivity index (χ1n) is 5.86. The highest BCUT2D eigenvalue weighted by atomic mass is 16.6. The van der Waals surface area contributed by atoms with Crippen LogP contribution in [0, 0.1) is 0 Å². The van der Waals surface area contributed by atoms with Gasteiger partial charge in [0.25, 0.3) is 0 Å². The molecule has 0 spiro atoms. The van der Waals surface area contributed by atoms with E-state index in [9.17, 15) is 10.2 Å². The molecule has 3 heterocycles. The van der Waals surface area contributed by atoms with Crippen molar-refractivity contribution in [2.24, 2.45) is 10.7 Å². The van der Waals surface area contributed by atoms with Gasteiger partial charge in [-0.05, 0) is 0 Å². The Hall–Kier alpha value is -1.52. The number of fused-ring (bicyclic) bond motifs is 1. The first-order valence-corrected chi connectivity index (χ1v) is 5.86. The SMILES string of the molecule is NC1N=CNc2c1ncn2C1OC(CO)C(O)C1O. The molecule has 1 saturated heterocycles. The Morgan fingerprint density at radius 1 is 1.42 bits per heavy atom. The molecule has 0 radical (unpaired) electrons. The number of hydrogen-bond donors (Lipinski definition) is 5. The topological polar surface area (TPSA) is 138 Å². The van der Waals surface area contributed by atoms with E-state index in [2.05, 4.69) is 15.3 Å². The number of aromatic nitrogens is 2. The number of imidazole rings is 1. The first-order chi connectivity index (χ1) is 9.13. The normalized spacial score (nSPS) is 37.2. The summed E-state index contributed by atoms with van der Waals surface area (Å²) in [5.74, 6) is 0.553. The predicted molar refractivity (Wildman–Crippen MR) is 64.3 cm³/mol. The Balaban J connectivity index is 1.92. The van der Waals surface area contributed by atoms with Gasteiger partial charge in [0, 0.05) is 0 Å². The van der Waals surface area contributed by atoms with Crippen molar-refractivity contribution in [1.82, 2.24) is 9.55 Å². The molecule has 2 aliphatic heterocycles. The number of ether oxygens (including phenoxy) is 1. The summed E-state index contributed by atoms with van der Waals surface area (Å²) in [4.78, 5) is 8.07. The number of aliphatic hydroxyl groups excluding tert-OH is 3. The molecule has 0 saturated carbocycles. The summed E-state index contributed by atoms with van der Waals surface area (Å²) in [7, 11) is 0. The second kappa shape index (κ2) is 4.54. The summed E-state index contributed by atoms with van der Waals surface area (Å²) in [5.41, 5.74) is 6.30. The van der Waals surface area contributed by atoms with Crippen molar-refractivity contribution in [3.8, 4) is 0 Å². The van der Waals surface area contributed by atoms with Gasteiger partial charge >= 0.3 is 0 Å². The third-order valence-electron chi connectivity index (χ3n) is 3.33. The highest BCUT2D eigenvalue weighted by molar-refractivity contribution is 5.77. The van der Waals surface area contributed by atoms with Gasteiger partial charge in [-0.3, -0.25) is 9.56 Å². The van der Waals surface area contributed by atoms with Crippen molar-refractivity contribution in [2.45, 2.75) is 30.7 Å². The molecule has 9 nitrogen and oxygen atoms in total. The zero-order chi connectivity index (χ0) is 13.6. The number of nitrogens with two attached hydrogens (primary N) is 1. The number of rotatable bonds is 2. The molecule has 1 aromatic rings. The van der Waals surface area contributed by atoms with E-state index in [0.29, 0.717) is 11.5 Å². The van der Waals surface area contributed by atoms with Crippen molar-refractivity contribution in [2.75, 3.05) is 11.9 Å². The van der Waals surface area contributed by atoms with Gasteiger partial charge in [0.05, 0.1) is 19.3 Å². The molecule has 1 aromatic heterocycles. The van der Waals surface area contributed by atoms with Crippen molar-refractivity contribution >= 4 is 12.2 Å². The van der Waals surface area contributed by atoms with E-state index >= 15 is 0 Å². The Morgan fingerprint density at radius 3 is 2.89 bits per heavy atom. The second-order valence-corrected chi connectivity index (χ2v) is 4.48. The lowest BCUT2D eigenvalue weighted by Gasteiger charge is -2.21. The van der Waals surface area contributed by atoms with E-state index in [0.717, 1.165) is 0 Å². The first kappa shape index (κ1) is 12.5. The molecule has 9 heteroatoms. The average Bonchev–Trinajstić information content (AvgIpc) is 2.94. The molecule has 104 valence electrons. The standard InChI is InChI=1S/C10H15N5O4/c11-8-5-9(13-2-12-8)15(3-14-5)10-7(18)6(17)4(1-16)19-10/h2-4,6-8,10,16-18H,1,11H2,(H,12,13). The van der Waals surface area contributed by atoms with Crippen LogP contribution in [0.2, 0.25) is 0 Å². The quantitative estimate of drug-likeness (QED) is 0.415. The highest BCUT2D eigenvalue weighted by Crippen LogP contribution is 2.34. The summed E-state index contributed by atoms with van der Waals surface area (Å²) in [6.07, 6.45) is -1.67. The van der Waals surface area contributed by atoms with Gasteiger partial charge in [-0.1, -0.05) is 0 Å². The smallest absolute Gasteiger partial charge is 0.165 e. The van der Waals surface area contributed by atoms with E-state index in [1.54, 1.807) is 0 Å². The van der Waals surface area contributed by atoms with Crippen LogP contribution in [0.5, 0.6) is 0 Å². The molecular formula is C10H15N5O4. The van der Waals surface area contributed by atoms with Gasteiger partial charge in [-0.25, -0.2) is 4.98 Å². The summed E-state index contributed by atoms with van der Waals surface area (Å²) in [6, 6.07) is 0. The number of anilines is 1. The van der Waals surface area contributed by atoms with Crippen LogP contribution in [0.15, 0.2) is 11.3 Å². The molecule has 1 fully saturated rings. The van der Waals surface area contributed by atoms with E-state index in [4.69, 9.17) is 15.6 Å². The van der Waals surface area contributed by atoms with E-state index in [-0.39, 0.29) is 6.61 Å². The molecule has 19 heavy (non-hydrogen) atoms. The Labute approximate surface area is 108 Å². The van der Waals surface area contributed by atoms with Crippen LogP contribution in [0.3, 0.4) is 0 Å². The van der Waals surface area contributed by atoms with Gasteiger partial charge in [0.15, 0.2) is 6.23 Å². The van der Waals surface area contributed by atoms with E-state index in [1.165, 1.54) is 17.2 Å². The summed E-state index contributed by atoms with van der Waals surface area (Å²) in [6.45, 7) is -0.375. The van der Waals surface area contributed by atoms with Crippen LogP contribution in [-0.2, 0) is 4.74 Å². The molecule has 5 atom stereocenters. The highest BCUT2D eigenvalue weighted by Gasteiger charge is 2.44. The fourth-order valence-corrected chi connectivity index (χ4v) is 2.29. The minimum Gasteiger partial charge on any atom is -0.394 e. The lowest BCUT2D eigenvalue weighted by Crippen LogP contribution is -2.33. The summed E-state index contributed by atoms with van der Waals surface area (Å²) < 4.78 is 6.96. The lowest BCUT2D eigenvalue weighted by molar-refractivity contribution is -0.0518. The molecule has 0 bridgehead atoms. The zero-order valence-corrected chi connectivity index (χ0v) is 9.92. The molecular weight excluding hydrogens is 254 g/mol. The van der Waals surface area contributed by atoms with Gasteiger partial charge in [-0.2, -0.15) is 0 Å². The number of aliphatic hydroxyl groups is 3. The van der Waals surface area contributed by atoms with Gasteiger partial charge < -0.3 is 31.1 Å². The van der Waals surface area contributed by atoms with E-state index < -0.39 is 30.7 Å². The maximum atomic E-state index is 9.97. The van der Waals surface area contributed by atoms with Crippen molar-refractivity contribution in [3.05, 3.63) is 12.0 Å². The molecule has 5 unspecified atom stereocenters. The molecule has 2 aliphatic rings. The van der Waals surface area contributed by atoms with Crippen LogP contribution in [-0.4, -0.2) is 56.1 Å². The minimum absolute atomic E-state index is 0.375. The predicted octanol–water partition coefficient (Wildman–Crippen LogP) is -2.09. The monoisotopic (exact) mass is 269 g/mol. The Morgan fingerprint density at radius 2 is 2.21 bits per heavy atom. The van der Waals surface area contributed by atoms with E-state index in [1.807, 2.05) is 0 Å². The van der Waals surface area contributed by atoms with Crippen LogP contribution in [0.25, 0.3) is 0 Å². The van der Waals surface area contributed by atoms with Gasteiger partial charge in [0.2, 0.25) is 0 Å². The summed E-state index contributed by atoms with van der Waals surface area (Å²) in [5, 5.41) is 31.7. The van der Waals surface area contributed by atoms with Crippen LogP contribution < -0.4 is 11.1 Å². The Bertz CT molecular complexity index is 504. The minimum atomic E-state index is -1.16. The summed E-state index contributed by atoms with van der Waals surface area (Å²) >= 11 is 0. The number of aliphatic imine (C=N–C) groups is 1. The third-order valence-corrected chi connectivity index (χ3v) is 3.33. The van der Waals surface area contributed by atoms with Crippen molar-refractivity contribution in [3.63, 3.8) is 0 Å². The van der Waals surface area contributed by atoms with Crippen molar-refractivity contribution in [1.29, 1.82) is 0 Å². The lowest BCUT2D eigenvalue weighted by atomic mass is 10.1. The zero-order valence-electron chi connectivity index (χ0n) is 9.92. The van der Waals surface area contributed by atoms with Crippen LogP contribution in [0.4, 0.5) is 5.82 Å². The number of nitrogens with zero attached hydrogens (tertiary/aromatic N) is 3. The third kappa shape index (κ3) is 1.83. The largest absolute Gasteiger partial charge is 0.394 e. The van der Waals surface area contributed by atoms with Gasteiger partial charge in [-0.15, -0.1) is 0 Å². The fourth-order valence-electron chi connectivity index (χ4n) is 2.29. The number of hydrogen-bond acceptors (Lipinski definition) is 8.